The van der Waals surface area contributed by atoms with Gasteiger partial charge in [0.25, 0.3) is 5.56 Å². The zero-order chi connectivity index (χ0) is 40.8. The molecule has 0 unspecified atom stereocenters. The van der Waals surface area contributed by atoms with Crippen molar-refractivity contribution in [2.24, 2.45) is 0 Å². The number of H-pyrrole nitrogens is 1. The molecule has 0 saturated heterocycles. The summed E-state index contributed by atoms with van der Waals surface area (Å²) < 4.78 is 30.6. The van der Waals surface area contributed by atoms with E-state index in [9.17, 15) is 9.36 Å². The average Bonchev–Trinajstić information content (AvgIpc) is 3.14. The summed E-state index contributed by atoms with van der Waals surface area (Å²) in [6.07, 6.45) is 7.06. The van der Waals surface area contributed by atoms with Gasteiger partial charge in [0, 0.05) is 52.0 Å². The van der Waals surface area contributed by atoms with E-state index in [0.717, 1.165) is 0 Å². The highest BCUT2D eigenvalue weighted by molar-refractivity contribution is 8.24. The van der Waals surface area contributed by atoms with Crippen molar-refractivity contribution < 1.29 is 23.5 Å². The van der Waals surface area contributed by atoms with E-state index in [4.69, 9.17) is 77.0 Å². The van der Waals surface area contributed by atoms with E-state index in [0.29, 0.717) is 82.1 Å². The molecule has 2 aromatic carbocycles. The molecular formula is C33H29Cl8N6O6PS2. The number of hydrogen-bond donors (Lipinski definition) is 1. The van der Waals surface area contributed by atoms with Crippen LogP contribution in [0.2, 0.25) is 25.2 Å². The van der Waals surface area contributed by atoms with Gasteiger partial charge in [-0.2, -0.15) is 0 Å². The Morgan fingerprint density at radius 1 is 0.625 bits per heavy atom. The van der Waals surface area contributed by atoms with E-state index in [-0.39, 0.29) is 33.7 Å². The second-order valence-corrected chi connectivity index (χ2v) is 20.3. The number of ether oxygens (including phenoxy) is 4. The third-order valence-electron chi connectivity index (χ3n) is 7.12. The molecule has 0 bridgehead atoms. The van der Waals surface area contributed by atoms with Gasteiger partial charge < -0.3 is 23.9 Å². The molecule has 12 nitrogen and oxygen atoms in total. The molecule has 6 aromatic rings. The Bertz CT molecular complexity index is 2430. The summed E-state index contributed by atoms with van der Waals surface area (Å²) in [5.41, 5.74) is 2.19. The van der Waals surface area contributed by atoms with E-state index in [1.165, 1.54) is 52.0 Å². The number of aromatic amines is 1. The minimum absolute atomic E-state index is 0. The lowest BCUT2D eigenvalue weighted by atomic mass is 10.0. The number of rotatable bonds is 8. The zero-order valence-corrected chi connectivity index (χ0v) is 37.5. The highest BCUT2D eigenvalue weighted by Crippen LogP contribution is 2.61. The smallest absolute Gasteiger partial charge is 0.339 e. The highest BCUT2D eigenvalue weighted by Gasteiger charge is 2.23. The number of methoxy groups -OCH3 is 4. The molecule has 0 amide bonds. The molecular weight excluding hydrogens is 955 g/mol. The SMILES string of the molecule is C.COc1cc(OC)c(Cl)c(-c2cc3cnc(SC)nc3[nH]c2=O)c1Cl.COc1cc(OC)c(Cl)c(-c2cc3cnc(SC)nc3nc2Cl)c1Cl.O=P(Cl)(Cl)Cl. The van der Waals surface area contributed by atoms with Crippen molar-refractivity contribution >= 4 is 143 Å². The molecule has 0 aliphatic carbocycles. The molecule has 0 saturated carbocycles. The first-order valence-electron chi connectivity index (χ1n) is 14.7. The zero-order valence-electron chi connectivity index (χ0n) is 28.9. The lowest BCUT2D eigenvalue weighted by molar-refractivity contribution is 0.395. The van der Waals surface area contributed by atoms with Gasteiger partial charge in [-0.1, -0.05) is 89.0 Å². The van der Waals surface area contributed by atoms with Crippen LogP contribution in [-0.2, 0) is 4.57 Å². The molecule has 4 heterocycles. The molecule has 4 aromatic heterocycles. The van der Waals surface area contributed by atoms with Crippen LogP contribution >= 0.6 is 120 Å². The number of hydrogen-bond acceptors (Lipinski definition) is 13. The number of aromatic nitrogens is 6. The quantitative estimate of drug-likeness (QED) is 0.0667. The molecule has 0 aliphatic rings. The third-order valence-corrected chi connectivity index (χ3v) is 10.0. The molecule has 300 valence electrons. The number of nitrogens with zero attached hydrogens (tertiary/aromatic N) is 5. The fourth-order valence-electron chi connectivity index (χ4n) is 4.70. The lowest BCUT2D eigenvalue weighted by Gasteiger charge is -2.15. The summed E-state index contributed by atoms with van der Waals surface area (Å²) in [6, 6.07) is 6.62. The second-order valence-electron chi connectivity index (χ2n) is 10.2. The number of benzene rings is 2. The van der Waals surface area contributed by atoms with Gasteiger partial charge in [-0.25, -0.2) is 24.9 Å². The largest absolute Gasteiger partial charge is 0.495 e. The first-order valence-corrected chi connectivity index (χ1v) is 23.5. The van der Waals surface area contributed by atoms with Gasteiger partial charge in [0.2, 0.25) is 0 Å². The Morgan fingerprint density at radius 3 is 1.45 bits per heavy atom. The van der Waals surface area contributed by atoms with Crippen LogP contribution in [0.25, 0.3) is 44.3 Å². The first-order chi connectivity index (χ1) is 26.0. The topological polar surface area (TPSA) is 151 Å². The van der Waals surface area contributed by atoms with Crippen molar-refractivity contribution in [3.63, 3.8) is 0 Å². The van der Waals surface area contributed by atoms with Crippen LogP contribution in [0.3, 0.4) is 0 Å². The number of halogens is 8. The van der Waals surface area contributed by atoms with Crippen molar-refractivity contribution in [3.8, 4) is 45.3 Å². The van der Waals surface area contributed by atoms with Crippen LogP contribution in [0.4, 0.5) is 0 Å². The Hall–Kier alpha value is -2.33. The third kappa shape index (κ3) is 11.4. The number of pyridine rings is 2. The maximum atomic E-state index is 12.6. The molecule has 0 radical (unpaired) electrons. The fourth-order valence-corrected chi connectivity index (χ4v) is 7.02. The highest BCUT2D eigenvalue weighted by atomic mass is 36.0. The summed E-state index contributed by atoms with van der Waals surface area (Å²) >= 11 is 48.8. The fraction of sp³-hybridized carbons (Fsp3) is 0.212. The van der Waals surface area contributed by atoms with E-state index >= 15 is 0 Å². The summed E-state index contributed by atoms with van der Waals surface area (Å²) in [6.45, 7) is 0. The second kappa shape index (κ2) is 21.1. The molecule has 56 heavy (non-hydrogen) atoms. The van der Waals surface area contributed by atoms with Crippen molar-refractivity contribution in [2.45, 2.75) is 17.7 Å². The van der Waals surface area contributed by atoms with Gasteiger partial charge >= 0.3 is 5.20 Å². The minimum Gasteiger partial charge on any atom is -0.495 e. The van der Waals surface area contributed by atoms with Crippen LogP contribution in [-0.4, -0.2) is 70.9 Å². The van der Waals surface area contributed by atoms with Crippen LogP contribution in [0.5, 0.6) is 23.0 Å². The summed E-state index contributed by atoms with van der Waals surface area (Å²) in [7, 11) is 5.97. The van der Waals surface area contributed by atoms with Crippen molar-refractivity contribution in [1.29, 1.82) is 0 Å². The summed E-state index contributed by atoms with van der Waals surface area (Å²) in [4.78, 5) is 36.8. The Labute approximate surface area is 369 Å². The van der Waals surface area contributed by atoms with Gasteiger partial charge in [-0.3, -0.25) is 9.36 Å². The van der Waals surface area contributed by atoms with E-state index in [1.54, 1.807) is 36.7 Å². The average molecular weight is 984 g/mol. The van der Waals surface area contributed by atoms with Crippen molar-refractivity contribution in [3.05, 3.63) is 72.3 Å². The predicted octanol–water partition coefficient (Wildman–Crippen LogP) is 12.9. The van der Waals surface area contributed by atoms with Crippen LogP contribution in [0.1, 0.15) is 7.43 Å². The maximum absolute atomic E-state index is 12.6. The Morgan fingerprint density at radius 2 is 1.02 bits per heavy atom. The van der Waals surface area contributed by atoms with E-state index in [1.807, 2.05) is 12.5 Å². The molecule has 1 N–H and O–H groups in total. The lowest BCUT2D eigenvalue weighted by Crippen LogP contribution is -2.11. The van der Waals surface area contributed by atoms with Gasteiger partial charge in [0.1, 0.15) is 33.8 Å². The molecule has 6 rings (SSSR count). The Kier molecular flexibility index (Phi) is 18.1. The number of thioether (sulfide) groups is 2. The standard InChI is InChI=1S/C16H12Cl3N3O2S.C16H13Cl2N3O3S.CH4.Cl3OP/c1-23-9-5-10(24-2)13(18)11(12(9)17)8-4-7-6-20-16(25-3)22-15(7)21-14(8)19;1-23-9-5-10(24-2)13(18)11(12(9)17)8-4-7-6-19-16(25-3)21-14(7)20-15(8)22;;1-5(2,3)4/h4-6H,1-3H3;4-6H,1-3H3,(H,19,20,21,22);1H4;. The Balaban J connectivity index is 0.000000264. The minimum atomic E-state index is -3.22. The molecule has 0 spiro atoms. The van der Waals surface area contributed by atoms with E-state index in [2.05, 4.69) is 63.6 Å². The van der Waals surface area contributed by atoms with Gasteiger partial charge in [-0.05, 0) is 58.4 Å². The monoisotopic (exact) mass is 980 g/mol. The van der Waals surface area contributed by atoms with E-state index < -0.39 is 5.20 Å². The summed E-state index contributed by atoms with van der Waals surface area (Å²) in [5, 5.41) is 0.623. The number of nitrogens with one attached hydrogen (secondary N) is 1. The van der Waals surface area contributed by atoms with Crippen LogP contribution in [0.15, 0.2) is 51.8 Å². The van der Waals surface area contributed by atoms with Crippen LogP contribution in [0, 0.1) is 0 Å². The number of fused-ring (bicyclic) bond motifs is 2. The first kappa shape index (κ1) is 48.0. The van der Waals surface area contributed by atoms with Crippen molar-refractivity contribution in [1.82, 2.24) is 29.9 Å². The molecule has 0 fully saturated rings. The maximum Gasteiger partial charge on any atom is 0.339 e. The van der Waals surface area contributed by atoms with Gasteiger partial charge in [-0.15, -0.1) is 0 Å². The molecule has 0 aliphatic heterocycles. The summed E-state index contributed by atoms with van der Waals surface area (Å²) in [5.74, 6) is 1.55. The normalized spacial score (nSPS) is 10.8. The van der Waals surface area contributed by atoms with Crippen molar-refractivity contribution in [2.75, 3.05) is 41.0 Å². The van der Waals surface area contributed by atoms with Crippen LogP contribution < -0.4 is 24.5 Å². The van der Waals surface area contributed by atoms with Gasteiger partial charge in [0.05, 0.1) is 54.1 Å². The van der Waals surface area contributed by atoms with Gasteiger partial charge in [0.15, 0.2) is 16.0 Å². The molecule has 0 atom stereocenters. The predicted molar refractivity (Wildman–Crippen MR) is 235 cm³/mol. The molecule has 23 heteroatoms.